The van der Waals surface area contributed by atoms with E-state index >= 15 is 0 Å². The van der Waals surface area contributed by atoms with E-state index < -0.39 is 15.8 Å². The zero-order valence-corrected chi connectivity index (χ0v) is 13.8. The van der Waals surface area contributed by atoms with E-state index in [2.05, 4.69) is 13.8 Å². The fourth-order valence-corrected chi connectivity index (χ4v) is 4.92. The number of oxazole rings is 1. The number of rotatable bonds is 2. The largest absolute Gasteiger partial charge is 0.419 e. The van der Waals surface area contributed by atoms with Crippen LogP contribution in [-0.4, -0.2) is 30.4 Å². The van der Waals surface area contributed by atoms with Crippen molar-refractivity contribution in [1.29, 1.82) is 0 Å². The van der Waals surface area contributed by atoms with Crippen molar-refractivity contribution < 1.29 is 12.8 Å². The molecular formula is C15H20N2O4S. The number of piperidine rings is 1. The van der Waals surface area contributed by atoms with Crippen molar-refractivity contribution in [3.8, 4) is 0 Å². The Morgan fingerprint density at radius 1 is 1.18 bits per heavy atom. The van der Waals surface area contributed by atoms with Gasteiger partial charge < -0.3 is 4.42 Å². The number of benzene rings is 1. The Labute approximate surface area is 129 Å². The van der Waals surface area contributed by atoms with Crippen molar-refractivity contribution >= 4 is 21.1 Å². The van der Waals surface area contributed by atoms with Crippen molar-refractivity contribution in [2.24, 2.45) is 18.9 Å². The molecule has 22 heavy (non-hydrogen) atoms. The number of hydrogen-bond donors (Lipinski definition) is 0. The number of hydrogen-bond acceptors (Lipinski definition) is 4. The van der Waals surface area contributed by atoms with Gasteiger partial charge in [0.15, 0.2) is 5.58 Å². The quantitative estimate of drug-likeness (QED) is 0.844. The van der Waals surface area contributed by atoms with Crippen molar-refractivity contribution in [1.82, 2.24) is 8.87 Å². The first-order valence-corrected chi connectivity index (χ1v) is 8.83. The molecule has 0 amide bonds. The fourth-order valence-electron chi connectivity index (χ4n) is 3.23. The van der Waals surface area contributed by atoms with Crippen molar-refractivity contribution in [3.63, 3.8) is 0 Å². The van der Waals surface area contributed by atoms with E-state index in [1.807, 2.05) is 0 Å². The van der Waals surface area contributed by atoms with Gasteiger partial charge in [0.1, 0.15) is 0 Å². The molecule has 1 fully saturated rings. The summed E-state index contributed by atoms with van der Waals surface area (Å²) in [7, 11) is -1.97. The lowest BCUT2D eigenvalue weighted by molar-refractivity contribution is 0.222. The summed E-state index contributed by atoms with van der Waals surface area (Å²) in [5.41, 5.74) is 0.885. The Hall–Kier alpha value is -1.60. The van der Waals surface area contributed by atoms with Gasteiger partial charge in [-0.25, -0.2) is 13.2 Å². The number of nitrogens with zero attached hydrogens (tertiary/aromatic N) is 2. The van der Waals surface area contributed by atoms with Gasteiger partial charge in [-0.3, -0.25) is 4.57 Å². The first-order chi connectivity index (χ1) is 10.3. The van der Waals surface area contributed by atoms with Gasteiger partial charge in [-0.15, -0.1) is 0 Å². The lowest BCUT2D eigenvalue weighted by Crippen LogP contribution is -2.42. The highest BCUT2D eigenvalue weighted by molar-refractivity contribution is 7.89. The molecule has 2 aromatic rings. The summed E-state index contributed by atoms with van der Waals surface area (Å²) in [6, 6.07) is 4.59. The van der Waals surface area contributed by atoms with E-state index in [1.165, 1.54) is 21.0 Å². The highest BCUT2D eigenvalue weighted by Gasteiger charge is 2.32. The summed E-state index contributed by atoms with van der Waals surface area (Å²) < 4.78 is 33.6. The SMILES string of the molecule is C[C@H]1C[C@H](C)CN(S(=O)(=O)c2ccc3c(c2)oc(=O)n3C)C1. The first kappa shape index (κ1) is 15.3. The molecule has 1 aliphatic heterocycles. The molecule has 1 saturated heterocycles. The third kappa shape index (κ3) is 2.48. The molecule has 0 spiro atoms. The molecule has 0 bridgehead atoms. The molecule has 1 aromatic carbocycles. The molecule has 0 N–H and O–H groups in total. The maximum absolute atomic E-state index is 12.8. The summed E-state index contributed by atoms with van der Waals surface area (Å²) >= 11 is 0. The number of aryl methyl sites for hydroxylation is 1. The zero-order chi connectivity index (χ0) is 16.1. The number of sulfonamides is 1. The Kier molecular flexibility index (Phi) is 3.65. The van der Waals surface area contributed by atoms with Crippen LogP contribution < -0.4 is 5.76 Å². The molecule has 0 aliphatic carbocycles. The van der Waals surface area contributed by atoms with E-state index in [1.54, 1.807) is 13.1 Å². The van der Waals surface area contributed by atoms with E-state index in [4.69, 9.17) is 4.42 Å². The van der Waals surface area contributed by atoms with Crippen LogP contribution in [0.2, 0.25) is 0 Å². The van der Waals surface area contributed by atoms with Crippen LogP contribution in [0.15, 0.2) is 32.3 Å². The minimum Gasteiger partial charge on any atom is -0.408 e. The molecule has 2 atom stereocenters. The predicted octanol–water partition coefficient (Wildman–Crippen LogP) is 1.80. The average Bonchev–Trinajstić information content (AvgIpc) is 2.72. The third-order valence-electron chi connectivity index (χ3n) is 4.24. The summed E-state index contributed by atoms with van der Waals surface area (Å²) in [4.78, 5) is 11.7. The Morgan fingerprint density at radius 3 is 2.45 bits per heavy atom. The number of fused-ring (bicyclic) bond motifs is 1. The van der Waals surface area contributed by atoms with Crippen molar-refractivity contribution in [3.05, 3.63) is 28.7 Å². The molecule has 1 aromatic heterocycles. The lowest BCUT2D eigenvalue weighted by atomic mass is 9.94. The normalized spacial score (nSPS) is 24.0. The van der Waals surface area contributed by atoms with E-state index in [0.29, 0.717) is 36.0 Å². The Morgan fingerprint density at radius 2 is 1.82 bits per heavy atom. The van der Waals surface area contributed by atoms with Crippen LogP contribution in [0.4, 0.5) is 0 Å². The highest BCUT2D eigenvalue weighted by atomic mass is 32.2. The van der Waals surface area contributed by atoms with Crippen LogP contribution in [0.5, 0.6) is 0 Å². The molecule has 6 nitrogen and oxygen atoms in total. The van der Waals surface area contributed by atoms with Crippen LogP contribution in [0, 0.1) is 11.8 Å². The third-order valence-corrected chi connectivity index (χ3v) is 6.06. The molecule has 120 valence electrons. The second kappa shape index (κ2) is 5.24. The monoisotopic (exact) mass is 324 g/mol. The molecule has 0 radical (unpaired) electrons. The Balaban J connectivity index is 2.03. The predicted molar refractivity (Wildman–Crippen MR) is 83.2 cm³/mol. The van der Waals surface area contributed by atoms with Gasteiger partial charge in [-0.2, -0.15) is 4.31 Å². The first-order valence-electron chi connectivity index (χ1n) is 7.39. The van der Waals surface area contributed by atoms with Crippen LogP contribution in [-0.2, 0) is 17.1 Å². The van der Waals surface area contributed by atoms with E-state index in [0.717, 1.165) is 6.42 Å². The van der Waals surface area contributed by atoms with Gasteiger partial charge >= 0.3 is 5.76 Å². The minimum absolute atomic E-state index is 0.177. The van der Waals surface area contributed by atoms with E-state index in [-0.39, 0.29) is 4.90 Å². The molecule has 3 rings (SSSR count). The van der Waals surface area contributed by atoms with Crippen molar-refractivity contribution in [2.45, 2.75) is 25.2 Å². The van der Waals surface area contributed by atoms with Crippen LogP contribution in [0.1, 0.15) is 20.3 Å². The summed E-state index contributed by atoms with van der Waals surface area (Å²) in [6.45, 7) is 5.20. The summed E-state index contributed by atoms with van der Waals surface area (Å²) in [6.07, 6.45) is 1.04. The molecule has 2 heterocycles. The van der Waals surface area contributed by atoms with Gasteiger partial charge in [0.25, 0.3) is 0 Å². The smallest absolute Gasteiger partial charge is 0.408 e. The standard InChI is InChI=1S/C15H20N2O4S/c1-10-6-11(2)9-17(8-10)22(19,20)12-4-5-13-14(7-12)21-15(18)16(13)3/h4-5,7,10-11H,6,8-9H2,1-3H3/t10-,11-/m0/s1. The number of aromatic nitrogens is 1. The molecule has 0 unspecified atom stereocenters. The van der Waals surface area contributed by atoms with Crippen molar-refractivity contribution in [2.75, 3.05) is 13.1 Å². The fraction of sp³-hybridized carbons (Fsp3) is 0.533. The van der Waals surface area contributed by atoms with Crippen LogP contribution in [0.25, 0.3) is 11.1 Å². The highest BCUT2D eigenvalue weighted by Crippen LogP contribution is 2.28. The summed E-state index contributed by atoms with van der Waals surface area (Å²) in [5.74, 6) is 0.193. The lowest BCUT2D eigenvalue weighted by Gasteiger charge is -2.34. The van der Waals surface area contributed by atoms with Gasteiger partial charge in [-0.1, -0.05) is 13.8 Å². The molecule has 0 saturated carbocycles. The topological polar surface area (TPSA) is 72.5 Å². The minimum atomic E-state index is -3.56. The molecule has 7 heteroatoms. The average molecular weight is 324 g/mol. The second-order valence-electron chi connectivity index (χ2n) is 6.32. The van der Waals surface area contributed by atoms with Gasteiger partial charge in [0.2, 0.25) is 10.0 Å². The zero-order valence-electron chi connectivity index (χ0n) is 12.9. The second-order valence-corrected chi connectivity index (χ2v) is 8.26. The van der Waals surface area contributed by atoms with Gasteiger partial charge in [0.05, 0.1) is 10.4 Å². The molecular weight excluding hydrogens is 304 g/mol. The van der Waals surface area contributed by atoms with E-state index in [9.17, 15) is 13.2 Å². The summed E-state index contributed by atoms with van der Waals surface area (Å²) in [5, 5.41) is 0. The van der Waals surface area contributed by atoms with Gasteiger partial charge in [-0.05, 0) is 30.4 Å². The van der Waals surface area contributed by atoms with Crippen LogP contribution in [0.3, 0.4) is 0 Å². The van der Waals surface area contributed by atoms with Gasteiger partial charge in [0, 0.05) is 26.2 Å². The maximum atomic E-state index is 12.8. The maximum Gasteiger partial charge on any atom is 0.419 e. The molecule has 1 aliphatic rings. The van der Waals surface area contributed by atoms with Crippen LogP contribution >= 0.6 is 0 Å². The Bertz CT molecular complexity index is 855.